The van der Waals surface area contributed by atoms with Gasteiger partial charge in [0.25, 0.3) is 0 Å². The van der Waals surface area contributed by atoms with Gasteiger partial charge in [0.15, 0.2) is 0 Å². The fourth-order valence-corrected chi connectivity index (χ4v) is 1.71. The summed E-state index contributed by atoms with van der Waals surface area (Å²) in [5.74, 6) is -0.371. The molecule has 1 heterocycles. The number of carbonyl (C=O) groups excluding carboxylic acids is 1. The molecule has 86 valence electrons. The van der Waals surface area contributed by atoms with E-state index < -0.39 is 6.09 Å². The molecule has 1 aromatic carbocycles. The first-order chi connectivity index (χ1) is 7.61. The Bertz CT molecular complexity index is 422. The van der Waals surface area contributed by atoms with Crippen molar-refractivity contribution >= 4 is 11.8 Å². The van der Waals surface area contributed by atoms with Crippen molar-refractivity contribution in [2.45, 2.75) is 13.0 Å². The number of aryl methyl sites for hydroxylation is 1. The largest absolute Gasteiger partial charge is 0.443 e. The zero-order valence-corrected chi connectivity index (χ0v) is 8.94. The van der Waals surface area contributed by atoms with Crippen LogP contribution in [-0.4, -0.2) is 25.3 Å². The van der Waals surface area contributed by atoms with Gasteiger partial charge in [-0.3, -0.25) is 4.90 Å². The van der Waals surface area contributed by atoms with E-state index >= 15 is 0 Å². The Labute approximate surface area is 92.8 Å². The van der Waals surface area contributed by atoms with Crippen LogP contribution in [-0.2, 0) is 4.74 Å². The third-order valence-corrected chi connectivity index (χ3v) is 2.60. The molecule has 16 heavy (non-hydrogen) atoms. The summed E-state index contributed by atoms with van der Waals surface area (Å²) in [6, 6.07) is 4.32. The Morgan fingerprint density at radius 2 is 2.38 bits per heavy atom. The van der Waals surface area contributed by atoms with E-state index in [-0.39, 0.29) is 18.5 Å². The summed E-state index contributed by atoms with van der Waals surface area (Å²) in [7, 11) is 0. The van der Waals surface area contributed by atoms with Crippen LogP contribution in [0.15, 0.2) is 18.2 Å². The molecule has 1 aliphatic heterocycles. The van der Waals surface area contributed by atoms with Gasteiger partial charge in [0.2, 0.25) is 0 Å². The van der Waals surface area contributed by atoms with Crippen LogP contribution < -0.4 is 10.6 Å². The second kappa shape index (κ2) is 4.09. The van der Waals surface area contributed by atoms with Gasteiger partial charge in [-0.15, -0.1) is 0 Å². The lowest BCUT2D eigenvalue weighted by Gasteiger charge is -2.15. The molecule has 1 unspecified atom stereocenters. The van der Waals surface area contributed by atoms with Crippen LogP contribution in [0.25, 0.3) is 0 Å². The molecular weight excluding hydrogens is 211 g/mol. The molecule has 0 aromatic heterocycles. The molecule has 0 aliphatic carbocycles. The molecule has 5 heteroatoms. The minimum absolute atomic E-state index is 0.274. The zero-order valence-electron chi connectivity index (χ0n) is 8.94. The molecule has 0 radical (unpaired) electrons. The van der Waals surface area contributed by atoms with E-state index in [0.29, 0.717) is 12.2 Å². The number of hydrogen-bond acceptors (Lipinski definition) is 3. The number of benzene rings is 1. The maximum Gasteiger partial charge on any atom is 0.414 e. The van der Waals surface area contributed by atoms with Gasteiger partial charge in [0, 0.05) is 6.54 Å². The van der Waals surface area contributed by atoms with Crippen LogP contribution in [0.2, 0.25) is 0 Å². The van der Waals surface area contributed by atoms with Crippen LogP contribution in [0.1, 0.15) is 5.56 Å². The molecule has 0 saturated carbocycles. The summed E-state index contributed by atoms with van der Waals surface area (Å²) in [5, 5.41) is 0. The second-order valence-corrected chi connectivity index (χ2v) is 3.78. The number of cyclic esters (lactones) is 1. The highest BCUT2D eigenvalue weighted by Gasteiger charge is 2.32. The van der Waals surface area contributed by atoms with Crippen molar-refractivity contribution in [1.29, 1.82) is 0 Å². The summed E-state index contributed by atoms with van der Waals surface area (Å²) in [6.07, 6.45) is -0.778. The number of anilines is 1. The number of nitrogens with zero attached hydrogens (tertiary/aromatic N) is 1. The number of carbonyl (C=O) groups is 1. The molecule has 1 aliphatic rings. The van der Waals surface area contributed by atoms with Crippen molar-refractivity contribution in [3.8, 4) is 0 Å². The van der Waals surface area contributed by atoms with Crippen LogP contribution in [0.4, 0.5) is 14.9 Å². The Hall–Kier alpha value is -1.62. The molecule has 1 aromatic rings. The summed E-state index contributed by atoms with van der Waals surface area (Å²) >= 11 is 0. The lowest BCUT2D eigenvalue weighted by atomic mass is 10.2. The first kappa shape index (κ1) is 10.9. The highest BCUT2D eigenvalue weighted by atomic mass is 19.1. The van der Waals surface area contributed by atoms with E-state index in [1.165, 1.54) is 17.0 Å². The monoisotopic (exact) mass is 224 g/mol. The average molecular weight is 224 g/mol. The normalized spacial score (nSPS) is 20.1. The summed E-state index contributed by atoms with van der Waals surface area (Å²) in [4.78, 5) is 12.9. The molecule has 4 nitrogen and oxygen atoms in total. The Kier molecular flexibility index (Phi) is 2.78. The van der Waals surface area contributed by atoms with Gasteiger partial charge < -0.3 is 10.5 Å². The van der Waals surface area contributed by atoms with E-state index in [1.54, 1.807) is 6.07 Å². The van der Waals surface area contributed by atoms with Crippen molar-refractivity contribution in [3.63, 3.8) is 0 Å². The first-order valence-electron chi connectivity index (χ1n) is 5.06. The van der Waals surface area contributed by atoms with Gasteiger partial charge in [0.05, 0.1) is 12.2 Å². The third kappa shape index (κ3) is 1.86. The topological polar surface area (TPSA) is 55.6 Å². The number of rotatable bonds is 2. The first-order valence-corrected chi connectivity index (χ1v) is 5.06. The fraction of sp³-hybridized carbons (Fsp3) is 0.364. The van der Waals surface area contributed by atoms with E-state index in [0.717, 1.165) is 5.56 Å². The second-order valence-electron chi connectivity index (χ2n) is 3.78. The number of halogens is 1. The summed E-state index contributed by atoms with van der Waals surface area (Å²) in [5.41, 5.74) is 6.80. The maximum atomic E-state index is 13.1. The Morgan fingerprint density at radius 3 is 3.00 bits per heavy atom. The van der Waals surface area contributed by atoms with Crippen LogP contribution >= 0.6 is 0 Å². The van der Waals surface area contributed by atoms with Crippen molar-refractivity contribution in [2.75, 3.05) is 18.0 Å². The lowest BCUT2D eigenvalue weighted by molar-refractivity contribution is 0.145. The summed E-state index contributed by atoms with van der Waals surface area (Å²) < 4.78 is 18.1. The highest BCUT2D eigenvalue weighted by Crippen LogP contribution is 2.25. The third-order valence-electron chi connectivity index (χ3n) is 2.60. The van der Waals surface area contributed by atoms with Crippen LogP contribution in [0, 0.1) is 12.7 Å². The summed E-state index contributed by atoms with van der Waals surface area (Å²) in [6.45, 7) is 2.47. The highest BCUT2D eigenvalue weighted by molar-refractivity contribution is 5.90. The Balaban J connectivity index is 2.30. The van der Waals surface area contributed by atoms with E-state index in [4.69, 9.17) is 10.5 Å². The minimum Gasteiger partial charge on any atom is -0.443 e. The van der Waals surface area contributed by atoms with Gasteiger partial charge in [-0.25, -0.2) is 9.18 Å². The molecule has 0 spiro atoms. The molecule has 1 amide bonds. The van der Waals surface area contributed by atoms with Gasteiger partial charge in [-0.1, -0.05) is 6.07 Å². The number of hydrogen-bond donors (Lipinski definition) is 1. The molecular formula is C11H13FN2O2. The SMILES string of the molecule is Cc1ccc(F)cc1N1CC(CN)OC1=O. The van der Waals surface area contributed by atoms with Crippen LogP contribution in [0.5, 0.6) is 0 Å². The standard InChI is InChI=1S/C11H13FN2O2/c1-7-2-3-8(12)4-10(7)14-6-9(5-13)16-11(14)15/h2-4,9H,5-6,13H2,1H3. The predicted octanol–water partition coefficient (Wildman–Crippen LogP) is 1.42. The predicted molar refractivity (Wildman–Crippen MR) is 57.8 cm³/mol. The van der Waals surface area contributed by atoms with Gasteiger partial charge in [0.1, 0.15) is 11.9 Å². The van der Waals surface area contributed by atoms with Gasteiger partial charge in [-0.2, -0.15) is 0 Å². The van der Waals surface area contributed by atoms with E-state index in [9.17, 15) is 9.18 Å². The number of ether oxygens (including phenoxy) is 1. The zero-order chi connectivity index (χ0) is 11.7. The van der Waals surface area contributed by atoms with Crippen molar-refractivity contribution in [3.05, 3.63) is 29.6 Å². The molecule has 2 N–H and O–H groups in total. The molecule has 1 fully saturated rings. The molecule has 1 saturated heterocycles. The average Bonchev–Trinajstić information content (AvgIpc) is 2.63. The number of amides is 1. The van der Waals surface area contributed by atoms with Gasteiger partial charge in [-0.05, 0) is 24.6 Å². The van der Waals surface area contributed by atoms with Crippen molar-refractivity contribution in [2.24, 2.45) is 5.73 Å². The smallest absolute Gasteiger partial charge is 0.414 e. The molecule has 1 atom stereocenters. The lowest BCUT2D eigenvalue weighted by Crippen LogP contribution is -2.28. The fourth-order valence-electron chi connectivity index (χ4n) is 1.71. The Morgan fingerprint density at radius 1 is 1.62 bits per heavy atom. The maximum absolute atomic E-state index is 13.1. The quantitative estimate of drug-likeness (QED) is 0.826. The van der Waals surface area contributed by atoms with Crippen molar-refractivity contribution < 1.29 is 13.9 Å². The van der Waals surface area contributed by atoms with E-state index in [2.05, 4.69) is 0 Å². The van der Waals surface area contributed by atoms with Gasteiger partial charge >= 0.3 is 6.09 Å². The van der Waals surface area contributed by atoms with Crippen molar-refractivity contribution in [1.82, 2.24) is 0 Å². The van der Waals surface area contributed by atoms with E-state index in [1.807, 2.05) is 6.92 Å². The molecule has 2 rings (SSSR count). The van der Waals surface area contributed by atoms with Crippen LogP contribution in [0.3, 0.4) is 0 Å². The number of nitrogens with two attached hydrogens (primary N) is 1. The minimum atomic E-state index is -0.468. The molecule has 0 bridgehead atoms.